The van der Waals surface area contributed by atoms with Crippen LogP contribution in [0.5, 0.6) is 0 Å². The molecule has 0 bridgehead atoms. The van der Waals surface area contributed by atoms with Crippen LogP contribution in [0.25, 0.3) is 0 Å². The highest BCUT2D eigenvalue weighted by atomic mass is 127. The molecule has 0 saturated carbocycles. The van der Waals surface area contributed by atoms with Crippen LogP contribution >= 0.6 is 22.6 Å². The Kier molecular flexibility index (Phi) is 4.30. The van der Waals surface area contributed by atoms with Crippen LogP contribution < -0.4 is 0 Å². The van der Waals surface area contributed by atoms with Gasteiger partial charge in [-0.2, -0.15) is 0 Å². The fourth-order valence-corrected chi connectivity index (χ4v) is 2.01. The molecule has 0 unspecified atom stereocenters. The molecule has 0 aliphatic rings. The van der Waals surface area contributed by atoms with Crippen molar-refractivity contribution in [2.45, 2.75) is 6.54 Å². The third-order valence-corrected chi connectivity index (χ3v) is 3.30. The second-order valence-corrected chi connectivity index (χ2v) is 5.28. The minimum atomic E-state index is 0.0234. The number of carbonyl (C=O) groups is 1. The zero-order valence-corrected chi connectivity index (χ0v) is 12.2. The molecule has 0 radical (unpaired) electrons. The summed E-state index contributed by atoms with van der Waals surface area (Å²) in [6.45, 7) is 0.568. The van der Waals surface area contributed by atoms with Gasteiger partial charge in [0.25, 0.3) is 5.91 Å². The van der Waals surface area contributed by atoms with E-state index in [1.165, 1.54) is 0 Å². The SMILES string of the molecule is CN(Cc1cccnc1)C(=O)c1ccc(I)cc1. The Morgan fingerprint density at radius 1 is 1.28 bits per heavy atom. The quantitative estimate of drug-likeness (QED) is 0.796. The molecule has 3 nitrogen and oxygen atoms in total. The number of carbonyl (C=O) groups excluding carboxylic acids is 1. The van der Waals surface area contributed by atoms with Gasteiger partial charge in [0.05, 0.1) is 0 Å². The van der Waals surface area contributed by atoms with Crippen molar-refractivity contribution in [3.05, 3.63) is 63.5 Å². The maximum atomic E-state index is 12.2. The van der Waals surface area contributed by atoms with Gasteiger partial charge in [0.1, 0.15) is 0 Å². The zero-order chi connectivity index (χ0) is 13.0. The summed E-state index contributed by atoms with van der Waals surface area (Å²) in [6, 6.07) is 11.4. The summed E-state index contributed by atoms with van der Waals surface area (Å²) in [4.78, 5) is 17.9. The van der Waals surface area contributed by atoms with Crippen LogP contribution in [0.4, 0.5) is 0 Å². The van der Waals surface area contributed by atoms with E-state index in [0.717, 1.165) is 9.13 Å². The number of aromatic nitrogens is 1. The molecule has 0 aliphatic carbocycles. The van der Waals surface area contributed by atoms with Crippen molar-refractivity contribution >= 4 is 28.5 Å². The minimum absolute atomic E-state index is 0.0234. The Hall–Kier alpha value is -1.43. The number of amides is 1. The standard InChI is InChI=1S/C14H13IN2O/c1-17(10-11-3-2-8-16-9-11)14(18)12-4-6-13(15)7-5-12/h2-9H,10H2,1H3. The second kappa shape index (κ2) is 5.95. The molecule has 0 spiro atoms. The van der Waals surface area contributed by atoms with Crippen molar-refractivity contribution in [1.82, 2.24) is 9.88 Å². The molecular weight excluding hydrogens is 339 g/mol. The van der Waals surface area contributed by atoms with Crippen LogP contribution in [-0.2, 0) is 6.54 Å². The first-order chi connectivity index (χ1) is 8.66. The molecule has 18 heavy (non-hydrogen) atoms. The summed E-state index contributed by atoms with van der Waals surface area (Å²) in [5.74, 6) is 0.0234. The van der Waals surface area contributed by atoms with Crippen molar-refractivity contribution in [1.29, 1.82) is 0 Å². The molecule has 0 aliphatic heterocycles. The van der Waals surface area contributed by atoms with Crippen molar-refractivity contribution in [2.75, 3.05) is 7.05 Å². The number of rotatable bonds is 3. The fraction of sp³-hybridized carbons (Fsp3) is 0.143. The van der Waals surface area contributed by atoms with E-state index in [1.807, 2.05) is 36.4 Å². The maximum absolute atomic E-state index is 12.2. The van der Waals surface area contributed by atoms with Crippen LogP contribution in [0.3, 0.4) is 0 Å². The van der Waals surface area contributed by atoms with Gasteiger partial charge in [-0.3, -0.25) is 9.78 Å². The van der Waals surface area contributed by atoms with E-state index < -0.39 is 0 Å². The zero-order valence-electron chi connectivity index (χ0n) is 10.0. The molecule has 92 valence electrons. The first-order valence-electron chi connectivity index (χ1n) is 5.57. The molecular formula is C14H13IN2O. The van der Waals surface area contributed by atoms with Gasteiger partial charge in [0, 0.05) is 35.1 Å². The summed E-state index contributed by atoms with van der Waals surface area (Å²) in [7, 11) is 1.80. The smallest absolute Gasteiger partial charge is 0.253 e. The van der Waals surface area contributed by atoms with E-state index in [-0.39, 0.29) is 5.91 Å². The van der Waals surface area contributed by atoms with Gasteiger partial charge in [-0.05, 0) is 58.5 Å². The summed E-state index contributed by atoms with van der Waals surface area (Å²) >= 11 is 2.22. The van der Waals surface area contributed by atoms with E-state index >= 15 is 0 Å². The highest BCUT2D eigenvalue weighted by Gasteiger charge is 2.11. The number of benzene rings is 1. The first-order valence-corrected chi connectivity index (χ1v) is 6.64. The van der Waals surface area contributed by atoms with Crippen molar-refractivity contribution in [3.63, 3.8) is 0 Å². The second-order valence-electron chi connectivity index (χ2n) is 4.03. The molecule has 1 aromatic heterocycles. The van der Waals surface area contributed by atoms with Crippen LogP contribution in [0.1, 0.15) is 15.9 Å². The predicted octanol–water partition coefficient (Wildman–Crippen LogP) is 2.96. The topological polar surface area (TPSA) is 33.2 Å². The summed E-state index contributed by atoms with van der Waals surface area (Å²) in [5.41, 5.74) is 1.74. The molecule has 0 atom stereocenters. The normalized spacial score (nSPS) is 10.1. The van der Waals surface area contributed by atoms with Crippen molar-refractivity contribution in [3.8, 4) is 0 Å². The third-order valence-electron chi connectivity index (χ3n) is 2.58. The van der Waals surface area contributed by atoms with Gasteiger partial charge in [-0.1, -0.05) is 6.07 Å². The van der Waals surface area contributed by atoms with Crippen molar-refractivity contribution < 1.29 is 4.79 Å². The number of hydrogen-bond acceptors (Lipinski definition) is 2. The van der Waals surface area contributed by atoms with Gasteiger partial charge in [0.2, 0.25) is 0 Å². The Bertz CT molecular complexity index is 525. The Morgan fingerprint density at radius 3 is 2.61 bits per heavy atom. The van der Waals surface area contributed by atoms with E-state index in [0.29, 0.717) is 12.1 Å². The highest BCUT2D eigenvalue weighted by molar-refractivity contribution is 14.1. The van der Waals surface area contributed by atoms with Gasteiger partial charge in [0.15, 0.2) is 0 Å². The lowest BCUT2D eigenvalue weighted by atomic mass is 10.2. The first kappa shape index (κ1) is 13.0. The van der Waals surface area contributed by atoms with E-state index in [9.17, 15) is 4.79 Å². The lowest BCUT2D eigenvalue weighted by molar-refractivity contribution is 0.0785. The summed E-state index contributed by atoms with van der Waals surface area (Å²) < 4.78 is 1.12. The molecule has 2 aromatic rings. The largest absolute Gasteiger partial charge is 0.337 e. The van der Waals surface area contributed by atoms with Gasteiger partial charge in [-0.25, -0.2) is 0 Å². The van der Waals surface area contributed by atoms with Crippen LogP contribution in [0.15, 0.2) is 48.8 Å². The van der Waals surface area contributed by atoms with E-state index in [1.54, 1.807) is 24.3 Å². The van der Waals surface area contributed by atoms with E-state index in [4.69, 9.17) is 0 Å². The molecule has 1 aromatic carbocycles. The van der Waals surface area contributed by atoms with Crippen molar-refractivity contribution in [2.24, 2.45) is 0 Å². The Morgan fingerprint density at radius 2 is 2.00 bits per heavy atom. The van der Waals surface area contributed by atoms with Crippen LogP contribution in [0.2, 0.25) is 0 Å². The Labute approximate surface area is 120 Å². The summed E-state index contributed by atoms with van der Waals surface area (Å²) in [6.07, 6.45) is 3.50. The molecule has 1 amide bonds. The summed E-state index contributed by atoms with van der Waals surface area (Å²) in [5, 5.41) is 0. The highest BCUT2D eigenvalue weighted by Crippen LogP contribution is 2.10. The fourth-order valence-electron chi connectivity index (χ4n) is 1.65. The predicted molar refractivity (Wildman–Crippen MR) is 79.2 cm³/mol. The number of hydrogen-bond donors (Lipinski definition) is 0. The van der Waals surface area contributed by atoms with Crippen LogP contribution in [-0.4, -0.2) is 22.8 Å². The van der Waals surface area contributed by atoms with Gasteiger partial charge < -0.3 is 4.90 Å². The average molecular weight is 352 g/mol. The maximum Gasteiger partial charge on any atom is 0.253 e. The number of pyridine rings is 1. The lowest BCUT2D eigenvalue weighted by Crippen LogP contribution is -2.26. The number of halogens is 1. The molecule has 1 heterocycles. The van der Waals surface area contributed by atoms with Crippen LogP contribution in [0, 0.1) is 3.57 Å². The molecule has 4 heteroatoms. The van der Waals surface area contributed by atoms with Gasteiger partial charge >= 0.3 is 0 Å². The van der Waals surface area contributed by atoms with E-state index in [2.05, 4.69) is 27.6 Å². The monoisotopic (exact) mass is 352 g/mol. The lowest BCUT2D eigenvalue weighted by Gasteiger charge is -2.17. The van der Waals surface area contributed by atoms with Gasteiger partial charge in [-0.15, -0.1) is 0 Å². The number of nitrogens with zero attached hydrogens (tertiary/aromatic N) is 2. The Balaban J connectivity index is 2.07. The third kappa shape index (κ3) is 3.29. The minimum Gasteiger partial charge on any atom is -0.337 e. The molecule has 0 saturated heterocycles. The molecule has 0 fully saturated rings. The average Bonchev–Trinajstić information content (AvgIpc) is 2.40. The molecule has 0 N–H and O–H groups in total. The molecule has 2 rings (SSSR count).